The Bertz CT molecular complexity index is 556. The van der Waals surface area contributed by atoms with Crippen LogP contribution in [0.1, 0.15) is 38.7 Å². The highest BCUT2D eigenvalue weighted by molar-refractivity contribution is 5.82. The summed E-state index contributed by atoms with van der Waals surface area (Å²) in [7, 11) is 1.71. The minimum Gasteiger partial charge on any atom is -0.497 e. The number of carbonyl (C=O) groups excluding carboxylic acids is 1. The van der Waals surface area contributed by atoms with E-state index >= 15 is 0 Å². The van der Waals surface area contributed by atoms with Crippen LogP contribution in [-0.4, -0.2) is 31.6 Å². The topological polar surface area (TPSA) is 41.6 Å². The number of carbonyl (C=O) groups is 1. The van der Waals surface area contributed by atoms with Gasteiger partial charge in [0.2, 0.25) is 5.91 Å². The molecule has 2 heterocycles. The van der Waals surface area contributed by atoms with Crippen molar-refractivity contribution in [3.05, 3.63) is 23.8 Å². The van der Waals surface area contributed by atoms with Crippen molar-refractivity contribution in [1.82, 2.24) is 5.32 Å². The van der Waals surface area contributed by atoms with Gasteiger partial charge in [0, 0.05) is 30.4 Å². The van der Waals surface area contributed by atoms with E-state index in [1.807, 2.05) is 19.9 Å². The predicted molar refractivity (Wildman–Crippen MR) is 88.5 cm³/mol. The molecule has 0 radical (unpaired) electrons. The first-order valence-electron chi connectivity index (χ1n) is 8.34. The van der Waals surface area contributed by atoms with Gasteiger partial charge >= 0.3 is 0 Å². The Hall–Kier alpha value is -1.71. The van der Waals surface area contributed by atoms with Crippen LogP contribution in [0.3, 0.4) is 0 Å². The highest BCUT2D eigenvalue weighted by atomic mass is 16.5. The van der Waals surface area contributed by atoms with Gasteiger partial charge in [-0.2, -0.15) is 0 Å². The molecule has 1 aromatic rings. The predicted octanol–water partition coefficient (Wildman–Crippen LogP) is 2.75. The van der Waals surface area contributed by atoms with Gasteiger partial charge in [-0.1, -0.05) is 6.07 Å². The van der Waals surface area contributed by atoms with E-state index in [4.69, 9.17) is 4.74 Å². The van der Waals surface area contributed by atoms with Crippen molar-refractivity contribution in [1.29, 1.82) is 0 Å². The Morgan fingerprint density at radius 2 is 2.18 bits per heavy atom. The van der Waals surface area contributed by atoms with Crippen LogP contribution in [0.4, 0.5) is 5.69 Å². The van der Waals surface area contributed by atoms with E-state index in [9.17, 15) is 4.79 Å². The van der Waals surface area contributed by atoms with Crippen LogP contribution < -0.4 is 15.0 Å². The lowest BCUT2D eigenvalue weighted by molar-refractivity contribution is -0.126. The van der Waals surface area contributed by atoms with Gasteiger partial charge in [-0.15, -0.1) is 0 Å². The molecule has 1 amide bonds. The molecule has 1 saturated heterocycles. The number of benzene rings is 1. The normalized spacial score (nSPS) is 23.7. The van der Waals surface area contributed by atoms with Crippen LogP contribution in [0.5, 0.6) is 5.75 Å². The molecule has 1 N–H and O–H groups in total. The van der Waals surface area contributed by atoms with E-state index in [-0.39, 0.29) is 17.9 Å². The minimum absolute atomic E-state index is 0.0589. The molecule has 0 spiro atoms. The van der Waals surface area contributed by atoms with Crippen LogP contribution in [-0.2, 0) is 11.2 Å². The average molecular weight is 302 g/mol. The fourth-order valence-corrected chi connectivity index (χ4v) is 3.82. The summed E-state index contributed by atoms with van der Waals surface area (Å²) in [5.41, 5.74) is 2.53. The fraction of sp³-hybridized carbons (Fsp3) is 0.611. The number of fused-ring (bicyclic) bond motifs is 3. The summed E-state index contributed by atoms with van der Waals surface area (Å²) in [5, 5.41) is 3.11. The lowest BCUT2D eigenvalue weighted by atomic mass is 9.80. The monoisotopic (exact) mass is 302 g/mol. The maximum Gasteiger partial charge on any atom is 0.225 e. The molecule has 2 atom stereocenters. The molecule has 2 unspecified atom stereocenters. The zero-order valence-electron chi connectivity index (χ0n) is 13.8. The van der Waals surface area contributed by atoms with Gasteiger partial charge in [-0.25, -0.2) is 0 Å². The summed E-state index contributed by atoms with van der Waals surface area (Å²) in [5.74, 6) is 1.16. The van der Waals surface area contributed by atoms with Crippen LogP contribution in [0.25, 0.3) is 0 Å². The molecule has 0 aliphatic carbocycles. The van der Waals surface area contributed by atoms with E-state index in [1.54, 1.807) is 7.11 Å². The van der Waals surface area contributed by atoms with Crippen LogP contribution in [0, 0.1) is 5.92 Å². The van der Waals surface area contributed by atoms with Gasteiger partial charge in [-0.3, -0.25) is 4.79 Å². The van der Waals surface area contributed by atoms with E-state index < -0.39 is 0 Å². The SMILES string of the molecule is COc1ccc2c(c1)N1CCCCC1C(C(=O)NC(C)C)C2. The molecular formula is C18H26N2O2. The molecule has 2 aliphatic heterocycles. The van der Waals surface area contributed by atoms with Gasteiger partial charge in [0.1, 0.15) is 5.75 Å². The number of nitrogens with one attached hydrogen (secondary N) is 1. The Balaban J connectivity index is 1.93. The first-order valence-corrected chi connectivity index (χ1v) is 8.34. The third kappa shape index (κ3) is 2.79. The molecule has 2 aliphatic rings. The molecule has 4 heteroatoms. The lowest BCUT2D eigenvalue weighted by Crippen LogP contribution is -2.53. The third-order valence-electron chi connectivity index (χ3n) is 4.82. The van der Waals surface area contributed by atoms with Crippen molar-refractivity contribution in [2.75, 3.05) is 18.6 Å². The molecule has 0 aromatic heterocycles. The molecule has 4 nitrogen and oxygen atoms in total. The molecule has 22 heavy (non-hydrogen) atoms. The molecule has 1 aromatic carbocycles. The van der Waals surface area contributed by atoms with E-state index in [2.05, 4.69) is 22.3 Å². The van der Waals surface area contributed by atoms with E-state index in [0.29, 0.717) is 6.04 Å². The Morgan fingerprint density at radius 3 is 2.91 bits per heavy atom. The highest BCUT2D eigenvalue weighted by Gasteiger charge is 2.39. The number of methoxy groups -OCH3 is 1. The van der Waals surface area contributed by atoms with Crippen molar-refractivity contribution in [2.45, 2.75) is 51.6 Å². The van der Waals surface area contributed by atoms with Crippen molar-refractivity contribution >= 4 is 11.6 Å². The number of amides is 1. The maximum absolute atomic E-state index is 12.6. The molecule has 120 valence electrons. The number of hydrogen-bond donors (Lipinski definition) is 1. The molecular weight excluding hydrogens is 276 g/mol. The first kappa shape index (κ1) is 15.2. The lowest BCUT2D eigenvalue weighted by Gasteiger charge is -2.46. The summed E-state index contributed by atoms with van der Waals surface area (Å²) < 4.78 is 5.38. The minimum atomic E-state index is 0.0589. The quantitative estimate of drug-likeness (QED) is 0.933. The Labute approximate surface area is 132 Å². The van der Waals surface area contributed by atoms with Crippen LogP contribution >= 0.6 is 0 Å². The smallest absolute Gasteiger partial charge is 0.225 e. The van der Waals surface area contributed by atoms with Crippen molar-refractivity contribution in [2.24, 2.45) is 5.92 Å². The number of hydrogen-bond acceptors (Lipinski definition) is 3. The number of rotatable bonds is 3. The maximum atomic E-state index is 12.6. The summed E-state index contributed by atoms with van der Waals surface area (Å²) in [6, 6.07) is 6.77. The van der Waals surface area contributed by atoms with Crippen molar-refractivity contribution in [3.8, 4) is 5.75 Å². The Morgan fingerprint density at radius 1 is 1.36 bits per heavy atom. The molecule has 0 saturated carbocycles. The molecule has 0 bridgehead atoms. The van der Waals surface area contributed by atoms with Gasteiger partial charge in [0.25, 0.3) is 0 Å². The highest BCUT2D eigenvalue weighted by Crippen LogP contribution is 2.40. The van der Waals surface area contributed by atoms with Crippen molar-refractivity contribution in [3.63, 3.8) is 0 Å². The second-order valence-corrected chi connectivity index (χ2v) is 6.73. The van der Waals surface area contributed by atoms with Crippen molar-refractivity contribution < 1.29 is 9.53 Å². The number of anilines is 1. The Kier molecular flexibility index (Phi) is 4.27. The van der Waals surface area contributed by atoms with Gasteiger partial charge < -0.3 is 15.0 Å². The third-order valence-corrected chi connectivity index (χ3v) is 4.82. The van der Waals surface area contributed by atoms with E-state index in [0.717, 1.165) is 25.1 Å². The largest absolute Gasteiger partial charge is 0.497 e. The summed E-state index contributed by atoms with van der Waals surface area (Å²) in [6.45, 7) is 5.09. The standard InChI is InChI=1S/C18H26N2O2/c1-12(2)19-18(21)15-10-13-7-8-14(22-3)11-17(13)20-9-5-4-6-16(15)20/h7-8,11-12,15-16H,4-6,9-10H2,1-3H3,(H,19,21). The average Bonchev–Trinajstić information content (AvgIpc) is 2.53. The zero-order chi connectivity index (χ0) is 15.7. The summed E-state index contributed by atoms with van der Waals surface area (Å²) in [4.78, 5) is 15.1. The summed E-state index contributed by atoms with van der Waals surface area (Å²) in [6.07, 6.45) is 4.35. The second-order valence-electron chi connectivity index (χ2n) is 6.73. The van der Waals surface area contributed by atoms with Crippen LogP contribution in [0.15, 0.2) is 18.2 Å². The molecule has 1 fully saturated rings. The van der Waals surface area contributed by atoms with E-state index in [1.165, 1.54) is 24.1 Å². The number of nitrogens with zero attached hydrogens (tertiary/aromatic N) is 1. The first-order chi connectivity index (χ1) is 10.6. The molecule has 3 rings (SSSR count). The van der Waals surface area contributed by atoms with Gasteiger partial charge in [0.05, 0.1) is 13.0 Å². The van der Waals surface area contributed by atoms with Gasteiger partial charge in [0.15, 0.2) is 0 Å². The van der Waals surface area contributed by atoms with Crippen LogP contribution in [0.2, 0.25) is 0 Å². The number of ether oxygens (including phenoxy) is 1. The summed E-state index contributed by atoms with van der Waals surface area (Å²) >= 11 is 0. The second kappa shape index (κ2) is 6.19. The zero-order valence-corrected chi connectivity index (χ0v) is 13.8. The fourth-order valence-electron chi connectivity index (χ4n) is 3.82. The number of piperidine rings is 1. The van der Waals surface area contributed by atoms with Gasteiger partial charge in [-0.05, 0) is 51.2 Å².